The summed E-state index contributed by atoms with van der Waals surface area (Å²) in [5.41, 5.74) is 1.52. The van der Waals surface area contributed by atoms with E-state index in [1.807, 2.05) is 4.90 Å². The van der Waals surface area contributed by atoms with Crippen LogP contribution in [0.5, 0.6) is 0 Å². The maximum Gasteiger partial charge on any atom is 0.417 e. The van der Waals surface area contributed by atoms with Crippen LogP contribution >= 0.6 is 11.3 Å². The van der Waals surface area contributed by atoms with Crippen molar-refractivity contribution < 1.29 is 22.8 Å². The van der Waals surface area contributed by atoms with E-state index in [1.54, 1.807) is 0 Å². The Morgan fingerprint density at radius 2 is 2.04 bits per heavy atom. The molecule has 2 aromatic heterocycles. The van der Waals surface area contributed by atoms with Gasteiger partial charge < -0.3 is 4.90 Å². The monoisotopic (exact) mass is 359 g/mol. The van der Waals surface area contributed by atoms with E-state index >= 15 is 0 Å². The van der Waals surface area contributed by atoms with Gasteiger partial charge in [-0.1, -0.05) is 0 Å². The second-order valence-electron chi connectivity index (χ2n) is 5.54. The molecule has 1 aliphatic heterocycles. The first-order chi connectivity index (χ1) is 11.4. The van der Waals surface area contributed by atoms with Crippen LogP contribution in [-0.4, -0.2) is 31.1 Å². The van der Waals surface area contributed by atoms with Crippen molar-refractivity contribution in [2.24, 2.45) is 0 Å². The van der Waals surface area contributed by atoms with Crippen molar-refractivity contribution in [3.8, 4) is 0 Å². The van der Waals surface area contributed by atoms with Crippen LogP contribution in [0, 0.1) is 0 Å². The number of pyridine rings is 1. The van der Waals surface area contributed by atoms with Gasteiger partial charge in [-0.2, -0.15) is 13.2 Å². The summed E-state index contributed by atoms with van der Waals surface area (Å²) in [5.74, 6) is -0.348. The average molecular weight is 359 g/mol. The van der Waals surface area contributed by atoms with Crippen molar-refractivity contribution >= 4 is 33.3 Å². The second-order valence-corrected chi connectivity index (χ2v) is 6.42. The molecule has 0 unspecified atom stereocenters. The van der Waals surface area contributed by atoms with E-state index in [-0.39, 0.29) is 21.6 Å². The molecule has 0 atom stereocenters. The minimum Gasteiger partial charge on any atom is -0.357 e. The minimum absolute atomic E-state index is 0.0375. The molecule has 0 aromatic carbocycles. The Balaban J connectivity index is 2.15. The maximum absolute atomic E-state index is 13.5. The zero-order valence-electron chi connectivity index (χ0n) is 12.9. The highest BCUT2D eigenvalue weighted by Crippen LogP contribution is 2.40. The van der Waals surface area contributed by atoms with Gasteiger partial charge in [-0.25, -0.2) is 10.5 Å². The number of alkyl halides is 3. The van der Waals surface area contributed by atoms with Gasteiger partial charge in [0.25, 0.3) is 5.91 Å². The Morgan fingerprint density at radius 1 is 1.33 bits per heavy atom. The van der Waals surface area contributed by atoms with Crippen molar-refractivity contribution in [2.75, 3.05) is 25.1 Å². The van der Waals surface area contributed by atoms with Crippen molar-refractivity contribution in [1.82, 2.24) is 10.5 Å². The number of fused-ring (bicyclic) bond motifs is 1. The smallest absolute Gasteiger partial charge is 0.357 e. The maximum atomic E-state index is 13.5. The predicted octanol–water partition coefficient (Wildman–Crippen LogP) is 3.60. The molecule has 3 heterocycles. The first-order valence-electron chi connectivity index (χ1n) is 7.49. The number of carbonyl (C=O) groups is 1. The van der Waals surface area contributed by atoms with Crippen LogP contribution in [0.1, 0.15) is 35.2 Å². The summed E-state index contributed by atoms with van der Waals surface area (Å²) in [7, 11) is 1.26. The molecule has 0 spiro atoms. The fraction of sp³-hybridized carbons (Fsp3) is 0.467. The molecule has 1 fully saturated rings. The Kier molecular flexibility index (Phi) is 4.64. The number of nitrogens with zero attached hydrogens (tertiary/aromatic N) is 2. The van der Waals surface area contributed by atoms with Crippen LogP contribution in [0.4, 0.5) is 19.0 Å². The molecule has 0 radical (unpaired) electrons. The molecule has 0 bridgehead atoms. The molecular formula is C15H16F3N3O2S. The number of nitrogens with one attached hydrogen (secondary N) is 1. The third-order valence-corrected chi connectivity index (χ3v) is 4.94. The lowest BCUT2D eigenvalue weighted by Gasteiger charge is -2.28. The molecule has 130 valence electrons. The molecule has 24 heavy (non-hydrogen) atoms. The Morgan fingerprint density at radius 3 is 2.67 bits per heavy atom. The summed E-state index contributed by atoms with van der Waals surface area (Å²) in [6, 6.07) is 1.09. The molecular weight excluding hydrogens is 343 g/mol. The fourth-order valence-corrected chi connectivity index (χ4v) is 3.82. The van der Waals surface area contributed by atoms with E-state index < -0.39 is 17.6 Å². The molecule has 1 saturated heterocycles. The summed E-state index contributed by atoms with van der Waals surface area (Å²) in [6.07, 6.45) is -1.61. The van der Waals surface area contributed by atoms with Crippen molar-refractivity contribution in [3.63, 3.8) is 0 Å². The Hall–Kier alpha value is -1.87. The number of anilines is 1. The summed E-state index contributed by atoms with van der Waals surface area (Å²) < 4.78 is 40.3. The number of amides is 1. The summed E-state index contributed by atoms with van der Waals surface area (Å²) in [4.78, 5) is 22.8. The molecule has 1 aliphatic rings. The third-order valence-electron chi connectivity index (χ3n) is 3.93. The first kappa shape index (κ1) is 17.0. The van der Waals surface area contributed by atoms with Gasteiger partial charge in [-0.3, -0.25) is 9.63 Å². The van der Waals surface area contributed by atoms with Crippen molar-refractivity contribution in [1.29, 1.82) is 0 Å². The van der Waals surface area contributed by atoms with Gasteiger partial charge in [0.2, 0.25) is 0 Å². The van der Waals surface area contributed by atoms with Crippen molar-refractivity contribution in [2.45, 2.75) is 25.4 Å². The molecule has 2 aromatic rings. The lowest BCUT2D eigenvalue weighted by atomic mass is 10.1. The van der Waals surface area contributed by atoms with E-state index in [2.05, 4.69) is 15.3 Å². The number of thiophene rings is 1. The highest BCUT2D eigenvalue weighted by atomic mass is 32.1. The Bertz CT molecular complexity index is 754. The lowest BCUT2D eigenvalue weighted by Crippen LogP contribution is -2.30. The Labute approximate surface area is 140 Å². The number of hydrogen-bond donors (Lipinski definition) is 1. The topological polar surface area (TPSA) is 54.5 Å². The van der Waals surface area contributed by atoms with Gasteiger partial charge >= 0.3 is 6.18 Å². The van der Waals surface area contributed by atoms with E-state index in [9.17, 15) is 18.0 Å². The SMILES string of the molecule is CONC(=O)c1csc2c(C(F)(F)F)cc(N3CCCCC3)nc12. The van der Waals surface area contributed by atoms with Gasteiger partial charge in [-0.05, 0) is 25.3 Å². The normalized spacial score (nSPS) is 15.8. The van der Waals surface area contributed by atoms with Gasteiger partial charge in [0.1, 0.15) is 5.82 Å². The highest BCUT2D eigenvalue weighted by Gasteiger charge is 2.36. The van der Waals surface area contributed by atoms with E-state index in [0.29, 0.717) is 13.1 Å². The van der Waals surface area contributed by atoms with Gasteiger partial charge in [-0.15, -0.1) is 11.3 Å². The highest BCUT2D eigenvalue weighted by molar-refractivity contribution is 7.17. The number of piperidine rings is 1. The van der Waals surface area contributed by atoms with Crippen LogP contribution in [-0.2, 0) is 11.0 Å². The standard InChI is InChI=1S/C15H16F3N3O2S/c1-23-20-14(22)9-8-24-13-10(15(16,17)18)7-11(19-12(9)13)21-5-3-2-4-6-21/h7-8H,2-6H2,1H3,(H,20,22). The van der Waals surface area contributed by atoms with Crippen LogP contribution in [0.3, 0.4) is 0 Å². The van der Waals surface area contributed by atoms with Gasteiger partial charge in [0.15, 0.2) is 0 Å². The fourth-order valence-electron chi connectivity index (χ4n) is 2.80. The molecule has 0 aliphatic carbocycles. The average Bonchev–Trinajstić information content (AvgIpc) is 2.98. The molecule has 5 nitrogen and oxygen atoms in total. The largest absolute Gasteiger partial charge is 0.417 e. The lowest BCUT2D eigenvalue weighted by molar-refractivity contribution is -0.136. The molecule has 9 heteroatoms. The third kappa shape index (κ3) is 3.18. The summed E-state index contributed by atoms with van der Waals surface area (Å²) >= 11 is 0.860. The van der Waals surface area contributed by atoms with Crippen LogP contribution < -0.4 is 10.4 Å². The summed E-state index contributed by atoms with van der Waals surface area (Å²) in [6.45, 7) is 1.33. The molecule has 1 N–H and O–H groups in total. The van der Waals surface area contributed by atoms with E-state index in [0.717, 1.165) is 36.7 Å². The quantitative estimate of drug-likeness (QED) is 0.851. The predicted molar refractivity (Wildman–Crippen MR) is 85.2 cm³/mol. The minimum atomic E-state index is -4.51. The summed E-state index contributed by atoms with van der Waals surface area (Å²) in [5, 5.41) is 1.38. The molecule has 1 amide bonds. The zero-order chi connectivity index (χ0) is 17.3. The number of rotatable bonds is 3. The number of hydroxylamine groups is 1. The first-order valence-corrected chi connectivity index (χ1v) is 8.37. The van der Waals surface area contributed by atoms with Crippen LogP contribution in [0.2, 0.25) is 0 Å². The zero-order valence-corrected chi connectivity index (χ0v) is 13.8. The number of aromatic nitrogens is 1. The molecule has 0 saturated carbocycles. The van der Waals surface area contributed by atoms with E-state index in [4.69, 9.17) is 0 Å². The van der Waals surface area contributed by atoms with Crippen LogP contribution in [0.15, 0.2) is 11.4 Å². The van der Waals surface area contributed by atoms with Gasteiger partial charge in [0.05, 0.1) is 28.5 Å². The number of halogens is 3. The number of hydrogen-bond acceptors (Lipinski definition) is 5. The molecule has 3 rings (SSSR count). The second kappa shape index (κ2) is 6.56. The van der Waals surface area contributed by atoms with Crippen molar-refractivity contribution in [3.05, 3.63) is 22.6 Å². The number of carbonyl (C=O) groups excluding carboxylic acids is 1. The van der Waals surface area contributed by atoms with Crippen LogP contribution in [0.25, 0.3) is 10.2 Å². The van der Waals surface area contributed by atoms with Gasteiger partial charge in [0, 0.05) is 18.5 Å². The van der Waals surface area contributed by atoms with E-state index in [1.165, 1.54) is 12.5 Å².